The van der Waals surface area contributed by atoms with E-state index in [1.54, 1.807) is 0 Å². The summed E-state index contributed by atoms with van der Waals surface area (Å²) in [5.74, 6) is 0. The molecule has 11 heavy (non-hydrogen) atoms. The second kappa shape index (κ2) is 4.68. The maximum absolute atomic E-state index is 8.78. The molecule has 4 nitrogen and oxygen atoms in total. The van der Waals surface area contributed by atoms with Gasteiger partial charge in [-0.3, -0.25) is 0 Å². The minimum absolute atomic E-state index is 0.00750. The SMILES string of the molecule is N#CCC(CO)(CO)CC#N. The molecule has 0 aromatic carbocycles. The third-order valence-corrected chi connectivity index (χ3v) is 1.58. The normalized spacial score (nSPS) is 10.2. The second-order valence-electron chi connectivity index (χ2n) is 2.49. The monoisotopic (exact) mass is 154 g/mol. The van der Waals surface area contributed by atoms with E-state index in [1.165, 1.54) is 0 Å². The lowest BCUT2D eigenvalue weighted by Gasteiger charge is -2.22. The van der Waals surface area contributed by atoms with E-state index >= 15 is 0 Å². The van der Waals surface area contributed by atoms with E-state index < -0.39 is 5.41 Å². The Morgan fingerprint density at radius 1 is 1.00 bits per heavy atom. The van der Waals surface area contributed by atoms with Gasteiger partial charge in [-0.25, -0.2) is 0 Å². The van der Waals surface area contributed by atoms with Crippen LogP contribution in [0.15, 0.2) is 0 Å². The zero-order valence-corrected chi connectivity index (χ0v) is 6.12. The molecule has 0 atom stereocenters. The number of nitriles is 2. The number of rotatable bonds is 4. The Morgan fingerprint density at radius 3 is 1.55 bits per heavy atom. The van der Waals surface area contributed by atoms with Gasteiger partial charge in [0.1, 0.15) is 0 Å². The highest BCUT2D eigenvalue weighted by Crippen LogP contribution is 2.23. The second-order valence-corrected chi connectivity index (χ2v) is 2.49. The van der Waals surface area contributed by atoms with Crippen LogP contribution >= 0.6 is 0 Å². The van der Waals surface area contributed by atoms with Gasteiger partial charge in [0.05, 0.1) is 25.4 Å². The van der Waals surface area contributed by atoms with Gasteiger partial charge in [-0.05, 0) is 0 Å². The van der Waals surface area contributed by atoms with Gasteiger partial charge in [0.25, 0.3) is 0 Å². The smallest absolute Gasteiger partial charge is 0.0629 e. The van der Waals surface area contributed by atoms with E-state index in [4.69, 9.17) is 20.7 Å². The lowest BCUT2D eigenvalue weighted by atomic mass is 9.84. The lowest BCUT2D eigenvalue weighted by molar-refractivity contribution is 0.0620. The molecule has 0 aromatic rings. The van der Waals surface area contributed by atoms with Crippen molar-refractivity contribution < 1.29 is 10.2 Å². The van der Waals surface area contributed by atoms with Crippen LogP contribution in [0.1, 0.15) is 12.8 Å². The summed E-state index contributed by atoms with van der Waals surface area (Å²) in [6.45, 7) is -0.657. The summed E-state index contributed by atoms with van der Waals surface area (Å²) in [5, 5.41) is 34.2. The molecule has 0 aliphatic carbocycles. The van der Waals surface area contributed by atoms with Crippen molar-refractivity contribution in [3.63, 3.8) is 0 Å². The molecule has 0 bridgehead atoms. The highest BCUT2D eigenvalue weighted by Gasteiger charge is 2.28. The van der Waals surface area contributed by atoms with Crippen LogP contribution in [0.2, 0.25) is 0 Å². The first kappa shape index (κ1) is 9.90. The molecule has 0 fully saturated rings. The van der Waals surface area contributed by atoms with Crippen LogP contribution in [-0.4, -0.2) is 23.4 Å². The molecular formula is C7H10N2O2. The summed E-state index contributed by atoms with van der Waals surface area (Å²) >= 11 is 0. The average molecular weight is 154 g/mol. The van der Waals surface area contributed by atoms with Crippen molar-refractivity contribution in [2.24, 2.45) is 5.41 Å². The molecule has 0 aliphatic rings. The minimum atomic E-state index is -0.927. The van der Waals surface area contributed by atoms with Crippen molar-refractivity contribution >= 4 is 0 Å². The molecule has 0 saturated heterocycles. The van der Waals surface area contributed by atoms with E-state index in [-0.39, 0.29) is 26.1 Å². The van der Waals surface area contributed by atoms with Crippen molar-refractivity contribution in [3.8, 4) is 12.1 Å². The third-order valence-electron chi connectivity index (χ3n) is 1.58. The molecule has 0 amide bonds. The van der Waals surface area contributed by atoms with Crippen LogP contribution in [0.3, 0.4) is 0 Å². The van der Waals surface area contributed by atoms with Crippen LogP contribution in [0.5, 0.6) is 0 Å². The van der Waals surface area contributed by atoms with Crippen LogP contribution in [-0.2, 0) is 0 Å². The topological polar surface area (TPSA) is 88.0 Å². The number of aliphatic hydroxyl groups excluding tert-OH is 2. The number of aliphatic hydroxyl groups is 2. The largest absolute Gasteiger partial charge is 0.396 e. The van der Waals surface area contributed by atoms with Gasteiger partial charge in [-0.2, -0.15) is 10.5 Å². The molecule has 0 radical (unpaired) electrons. The molecule has 60 valence electrons. The fourth-order valence-corrected chi connectivity index (χ4v) is 0.672. The summed E-state index contributed by atoms with van der Waals surface area (Å²) in [5.41, 5.74) is -0.927. The molecule has 0 aliphatic heterocycles. The van der Waals surface area contributed by atoms with Crippen LogP contribution in [0.4, 0.5) is 0 Å². The molecule has 0 rings (SSSR count). The maximum atomic E-state index is 8.78. The quantitative estimate of drug-likeness (QED) is 0.586. The van der Waals surface area contributed by atoms with Gasteiger partial charge in [0.2, 0.25) is 0 Å². The Bertz CT molecular complexity index is 168. The van der Waals surface area contributed by atoms with Crippen LogP contribution in [0.25, 0.3) is 0 Å². The number of nitrogens with zero attached hydrogens (tertiary/aromatic N) is 2. The summed E-state index contributed by atoms with van der Waals surface area (Å²) in [6.07, 6.45) is 0.0150. The molecule has 0 heterocycles. The predicted molar refractivity (Wildman–Crippen MR) is 37.1 cm³/mol. The third kappa shape index (κ3) is 2.55. The van der Waals surface area contributed by atoms with Gasteiger partial charge in [-0.15, -0.1) is 0 Å². The Balaban J connectivity index is 4.25. The maximum Gasteiger partial charge on any atom is 0.0629 e. The van der Waals surface area contributed by atoms with E-state index in [1.807, 2.05) is 12.1 Å². The van der Waals surface area contributed by atoms with Gasteiger partial charge in [0, 0.05) is 18.3 Å². The van der Waals surface area contributed by atoms with E-state index in [0.717, 1.165) is 0 Å². The molecular weight excluding hydrogens is 144 g/mol. The van der Waals surface area contributed by atoms with Gasteiger partial charge in [0.15, 0.2) is 0 Å². The molecule has 0 spiro atoms. The van der Waals surface area contributed by atoms with Gasteiger partial charge < -0.3 is 10.2 Å². The molecule has 0 saturated carbocycles. The summed E-state index contributed by atoms with van der Waals surface area (Å²) < 4.78 is 0. The Morgan fingerprint density at radius 2 is 1.36 bits per heavy atom. The number of hydrogen-bond acceptors (Lipinski definition) is 4. The standard InChI is InChI=1S/C7H10N2O2/c8-3-1-7(5-10,6-11)2-4-9/h10-11H,1-2,5-6H2. The zero-order valence-electron chi connectivity index (χ0n) is 6.12. The van der Waals surface area contributed by atoms with E-state index in [2.05, 4.69) is 0 Å². The molecule has 2 N–H and O–H groups in total. The average Bonchev–Trinajstić information content (AvgIpc) is 2.04. The van der Waals surface area contributed by atoms with Crippen LogP contribution < -0.4 is 0 Å². The Hall–Kier alpha value is -1.10. The van der Waals surface area contributed by atoms with E-state index in [0.29, 0.717) is 0 Å². The van der Waals surface area contributed by atoms with Crippen molar-refractivity contribution in [2.75, 3.05) is 13.2 Å². The van der Waals surface area contributed by atoms with E-state index in [9.17, 15) is 0 Å². The van der Waals surface area contributed by atoms with Crippen LogP contribution in [0, 0.1) is 28.1 Å². The highest BCUT2D eigenvalue weighted by molar-refractivity contribution is 4.94. The summed E-state index contributed by atoms with van der Waals surface area (Å²) in [6, 6.07) is 3.65. The first-order valence-corrected chi connectivity index (χ1v) is 3.20. The van der Waals surface area contributed by atoms with Gasteiger partial charge >= 0.3 is 0 Å². The van der Waals surface area contributed by atoms with Crippen molar-refractivity contribution in [2.45, 2.75) is 12.8 Å². The van der Waals surface area contributed by atoms with Crippen molar-refractivity contribution in [1.82, 2.24) is 0 Å². The number of hydrogen-bond donors (Lipinski definition) is 2. The first-order chi connectivity index (χ1) is 5.24. The van der Waals surface area contributed by atoms with Crippen molar-refractivity contribution in [1.29, 1.82) is 10.5 Å². The fourth-order valence-electron chi connectivity index (χ4n) is 0.672. The van der Waals surface area contributed by atoms with Crippen molar-refractivity contribution in [3.05, 3.63) is 0 Å². The first-order valence-electron chi connectivity index (χ1n) is 3.20. The Labute approximate surface area is 65.3 Å². The summed E-state index contributed by atoms with van der Waals surface area (Å²) in [4.78, 5) is 0. The van der Waals surface area contributed by atoms with Gasteiger partial charge in [-0.1, -0.05) is 0 Å². The highest BCUT2D eigenvalue weighted by atomic mass is 16.3. The molecule has 4 heteroatoms. The molecule has 0 unspecified atom stereocenters. The summed E-state index contributed by atoms with van der Waals surface area (Å²) in [7, 11) is 0. The predicted octanol–water partition coefficient (Wildman–Crippen LogP) is -0.215. The zero-order chi connectivity index (χ0) is 8.74. The Kier molecular flexibility index (Phi) is 4.21. The lowest BCUT2D eigenvalue weighted by Crippen LogP contribution is -2.28. The minimum Gasteiger partial charge on any atom is -0.396 e. The molecule has 0 aromatic heterocycles. The fraction of sp³-hybridized carbons (Fsp3) is 0.714.